The Bertz CT molecular complexity index is 815. The standard InChI is InChI=1S/C19H18ClNO4/c1-12-3-5-15(14(20)9-12)21-18(22)6-4-13-10-16(23-2)19-17(11-13)24-7-8-25-19/h3-6,9-11H,7-8H2,1-2H3,(H,21,22)/b6-4+. The fourth-order valence-corrected chi connectivity index (χ4v) is 2.74. The molecule has 1 aliphatic rings. The first-order chi connectivity index (χ1) is 12.1. The SMILES string of the molecule is COc1cc(/C=C/C(=O)Nc2ccc(C)cc2Cl)cc2c1OCCO2. The van der Waals surface area contributed by atoms with Crippen LogP contribution in [0.5, 0.6) is 17.2 Å². The number of nitrogens with one attached hydrogen (secondary N) is 1. The van der Waals surface area contributed by atoms with Crippen LogP contribution in [0, 0.1) is 6.92 Å². The topological polar surface area (TPSA) is 56.8 Å². The highest BCUT2D eigenvalue weighted by atomic mass is 35.5. The Morgan fingerprint density at radius 3 is 2.80 bits per heavy atom. The van der Waals surface area contributed by atoms with Crippen LogP contribution < -0.4 is 19.5 Å². The van der Waals surface area contributed by atoms with Crippen molar-refractivity contribution in [3.63, 3.8) is 0 Å². The lowest BCUT2D eigenvalue weighted by Gasteiger charge is -2.20. The molecule has 0 atom stereocenters. The lowest BCUT2D eigenvalue weighted by molar-refractivity contribution is -0.111. The molecule has 6 heteroatoms. The molecular weight excluding hydrogens is 342 g/mol. The van der Waals surface area contributed by atoms with E-state index in [1.165, 1.54) is 6.08 Å². The normalized spacial score (nSPS) is 12.9. The zero-order chi connectivity index (χ0) is 17.8. The zero-order valence-electron chi connectivity index (χ0n) is 14.0. The highest BCUT2D eigenvalue weighted by Crippen LogP contribution is 2.40. The van der Waals surface area contributed by atoms with E-state index in [1.807, 2.05) is 13.0 Å². The van der Waals surface area contributed by atoms with Gasteiger partial charge >= 0.3 is 0 Å². The van der Waals surface area contributed by atoms with Crippen LogP contribution in [-0.2, 0) is 4.79 Å². The first-order valence-corrected chi connectivity index (χ1v) is 8.17. The molecule has 0 aromatic heterocycles. The van der Waals surface area contributed by atoms with Gasteiger partial charge in [0.25, 0.3) is 0 Å². The third kappa shape index (κ3) is 4.06. The van der Waals surface area contributed by atoms with Gasteiger partial charge in [-0.15, -0.1) is 0 Å². The van der Waals surface area contributed by atoms with Gasteiger partial charge in [0.2, 0.25) is 11.7 Å². The molecule has 0 spiro atoms. The van der Waals surface area contributed by atoms with Crippen molar-refractivity contribution in [1.29, 1.82) is 0 Å². The van der Waals surface area contributed by atoms with Gasteiger partial charge in [0.15, 0.2) is 11.5 Å². The Balaban J connectivity index is 1.76. The highest BCUT2D eigenvalue weighted by molar-refractivity contribution is 6.33. The molecule has 1 aliphatic heterocycles. The maximum absolute atomic E-state index is 12.1. The smallest absolute Gasteiger partial charge is 0.248 e. The average Bonchev–Trinajstić information content (AvgIpc) is 2.61. The minimum absolute atomic E-state index is 0.278. The van der Waals surface area contributed by atoms with Crippen molar-refractivity contribution in [2.75, 3.05) is 25.6 Å². The third-order valence-electron chi connectivity index (χ3n) is 3.66. The number of methoxy groups -OCH3 is 1. The van der Waals surface area contributed by atoms with Crippen molar-refractivity contribution in [2.24, 2.45) is 0 Å². The van der Waals surface area contributed by atoms with Gasteiger partial charge < -0.3 is 19.5 Å². The zero-order valence-corrected chi connectivity index (χ0v) is 14.7. The highest BCUT2D eigenvalue weighted by Gasteiger charge is 2.17. The van der Waals surface area contributed by atoms with Crippen LogP contribution in [0.1, 0.15) is 11.1 Å². The summed E-state index contributed by atoms with van der Waals surface area (Å²) in [6.07, 6.45) is 3.11. The molecule has 0 fully saturated rings. The molecule has 1 heterocycles. The van der Waals surface area contributed by atoms with Crippen molar-refractivity contribution in [3.8, 4) is 17.2 Å². The van der Waals surface area contributed by atoms with Gasteiger partial charge in [-0.2, -0.15) is 0 Å². The molecule has 130 valence electrons. The number of anilines is 1. The molecule has 25 heavy (non-hydrogen) atoms. The quantitative estimate of drug-likeness (QED) is 0.836. The number of benzene rings is 2. The Morgan fingerprint density at radius 2 is 2.04 bits per heavy atom. The van der Waals surface area contributed by atoms with Crippen LogP contribution in [-0.4, -0.2) is 26.2 Å². The van der Waals surface area contributed by atoms with E-state index < -0.39 is 0 Å². The van der Waals surface area contributed by atoms with E-state index in [0.29, 0.717) is 41.2 Å². The molecule has 0 radical (unpaired) electrons. The number of carbonyl (C=O) groups excluding carboxylic acids is 1. The number of fused-ring (bicyclic) bond motifs is 1. The van der Waals surface area contributed by atoms with Crippen LogP contribution in [0.4, 0.5) is 5.69 Å². The maximum Gasteiger partial charge on any atom is 0.248 e. The summed E-state index contributed by atoms with van der Waals surface area (Å²) in [6, 6.07) is 9.05. The predicted octanol–water partition coefficient (Wildman–Crippen LogP) is 4.08. The van der Waals surface area contributed by atoms with Gasteiger partial charge in [-0.05, 0) is 48.4 Å². The van der Waals surface area contributed by atoms with Gasteiger partial charge in [-0.1, -0.05) is 17.7 Å². The number of carbonyl (C=O) groups is 1. The second-order valence-corrected chi connectivity index (χ2v) is 5.96. The van der Waals surface area contributed by atoms with Gasteiger partial charge in [-0.25, -0.2) is 0 Å². The molecule has 1 amide bonds. The van der Waals surface area contributed by atoms with E-state index in [-0.39, 0.29) is 5.91 Å². The Kier molecular flexibility index (Phi) is 5.14. The van der Waals surface area contributed by atoms with Gasteiger partial charge in [0, 0.05) is 6.08 Å². The van der Waals surface area contributed by atoms with Crippen LogP contribution in [0.2, 0.25) is 5.02 Å². The number of halogens is 1. The van der Waals surface area contributed by atoms with E-state index in [4.69, 9.17) is 25.8 Å². The Hall–Kier alpha value is -2.66. The monoisotopic (exact) mass is 359 g/mol. The molecule has 3 rings (SSSR count). The molecule has 0 bridgehead atoms. The van der Waals surface area contributed by atoms with E-state index in [2.05, 4.69) is 5.32 Å². The molecule has 5 nitrogen and oxygen atoms in total. The minimum Gasteiger partial charge on any atom is -0.493 e. The summed E-state index contributed by atoms with van der Waals surface area (Å²) in [7, 11) is 1.56. The molecule has 0 aliphatic carbocycles. The summed E-state index contributed by atoms with van der Waals surface area (Å²) in [5.41, 5.74) is 2.37. The fourth-order valence-electron chi connectivity index (χ4n) is 2.46. The van der Waals surface area contributed by atoms with Crippen molar-refractivity contribution >= 4 is 29.3 Å². The van der Waals surface area contributed by atoms with Gasteiger partial charge in [-0.3, -0.25) is 4.79 Å². The van der Waals surface area contributed by atoms with Crippen molar-refractivity contribution in [2.45, 2.75) is 6.92 Å². The molecule has 0 saturated carbocycles. The van der Waals surface area contributed by atoms with Crippen LogP contribution in [0.25, 0.3) is 6.08 Å². The molecule has 1 N–H and O–H groups in total. The largest absolute Gasteiger partial charge is 0.493 e. The van der Waals surface area contributed by atoms with Crippen molar-refractivity contribution < 1.29 is 19.0 Å². The second-order valence-electron chi connectivity index (χ2n) is 5.55. The van der Waals surface area contributed by atoms with Gasteiger partial charge in [0.05, 0.1) is 17.8 Å². The summed E-state index contributed by atoms with van der Waals surface area (Å²) in [4.78, 5) is 12.1. The molecular formula is C19H18ClNO4. The van der Waals surface area contributed by atoms with Crippen LogP contribution in [0.3, 0.4) is 0 Å². The summed E-state index contributed by atoms with van der Waals surface area (Å²) >= 11 is 6.12. The average molecular weight is 360 g/mol. The van der Waals surface area contributed by atoms with Gasteiger partial charge in [0.1, 0.15) is 13.2 Å². The number of ether oxygens (including phenoxy) is 3. The summed E-state index contributed by atoms with van der Waals surface area (Å²) < 4.78 is 16.5. The number of hydrogen-bond donors (Lipinski definition) is 1. The molecule has 2 aromatic carbocycles. The maximum atomic E-state index is 12.1. The van der Waals surface area contributed by atoms with Crippen molar-refractivity contribution in [3.05, 3.63) is 52.6 Å². The Morgan fingerprint density at radius 1 is 1.24 bits per heavy atom. The summed E-state index contributed by atoms with van der Waals surface area (Å²) in [5.74, 6) is 1.48. The first-order valence-electron chi connectivity index (χ1n) is 7.79. The van der Waals surface area contributed by atoms with Crippen LogP contribution >= 0.6 is 11.6 Å². The minimum atomic E-state index is -0.278. The number of rotatable bonds is 4. The van der Waals surface area contributed by atoms with Crippen LogP contribution in [0.15, 0.2) is 36.4 Å². The van der Waals surface area contributed by atoms with E-state index in [9.17, 15) is 4.79 Å². The van der Waals surface area contributed by atoms with E-state index >= 15 is 0 Å². The number of hydrogen-bond acceptors (Lipinski definition) is 4. The molecule has 0 unspecified atom stereocenters. The third-order valence-corrected chi connectivity index (χ3v) is 3.97. The predicted molar refractivity (Wildman–Crippen MR) is 97.8 cm³/mol. The fraction of sp³-hybridized carbons (Fsp3) is 0.211. The van der Waals surface area contributed by atoms with Crippen molar-refractivity contribution in [1.82, 2.24) is 0 Å². The Labute approximate surface area is 151 Å². The van der Waals surface area contributed by atoms with E-state index in [1.54, 1.807) is 37.5 Å². The summed E-state index contributed by atoms with van der Waals surface area (Å²) in [5, 5.41) is 3.26. The molecule has 2 aromatic rings. The lowest BCUT2D eigenvalue weighted by atomic mass is 10.1. The second kappa shape index (κ2) is 7.49. The number of amides is 1. The summed E-state index contributed by atoms with van der Waals surface area (Å²) in [6.45, 7) is 2.90. The molecule has 0 saturated heterocycles. The van der Waals surface area contributed by atoms with E-state index in [0.717, 1.165) is 11.1 Å². The number of aryl methyl sites for hydroxylation is 1. The first kappa shape index (κ1) is 17.2. The lowest BCUT2D eigenvalue weighted by Crippen LogP contribution is -2.16.